The zero-order chi connectivity index (χ0) is 11.8. The van der Waals surface area contributed by atoms with Gasteiger partial charge in [-0.05, 0) is 42.8 Å². The van der Waals surface area contributed by atoms with Gasteiger partial charge in [0.25, 0.3) is 0 Å². The van der Waals surface area contributed by atoms with Crippen molar-refractivity contribution in [1.29, 1.82) is 0 Å². The van der Waals surface area contributed by atoms with Crippen molar-refractivity contribution < 1.29 is 9.36 Å². The summed E-state index contributed by atoms with van der Waals surface area (Å²) in [6.45, 7) is 5.92. The fourth-order valence-corrected chi connectivity index (χ4v) is 3.09. The average molecular weight is 305 g/mol. The third-order valence-electron chi connectivity index (χ3n) is 2.20. The van der Waals surface area contributed by atoms with Crippen LogP contribution in [0.5, 0.6) is 0 Å². The lowest BCUT2D eigenvalue weighted by Gasteiger charge is -2.11. The Labute approximate surface area is 107 Å². The molecule has 16 heavy (non-hydrogen) atoms. The molecule has 0 saturated carbocycles. The molecule has 0 bridgehead atoms. The molecule has 0 fully saturated rings. The quantitative estimate of drug-likeness (QED) is 0.929. The van der Waals surface area contributed by atoms with Gasteiger partial charge in [-0.1, -0.05) is 5.16 Å². The van der Waals surface area contributed by atoms with Gasteiger partial charge >= 0.3 is 0 Å². The summed E-state index contributed by atoms with van der Waals surface area (Å²) < 4.78 is 5.84. The van der Waals surface area contributed by atoms with Gasteiger partial charge in [0, 0.05) is 11.3 Å². The summed E-state index contributed by atoms with van der Waals surface area (Å²) in [5, 5.41) is 4.87. The molecule has 1 aliphatic heterocycles. The molecule has 88 valence electrons. The van der Waals surface area contributed by atoms with E-state index in [1.807, 2.05) is 20.8 Å². The Morgan fingerprint density at radius 3 is 2.81 bits per heavy atom. The molecule has 0 spiro atoms. The Kier molecular flexibility index (Phi) is 3.32. The highest BCUT2D eigenvalue weighted by Crippen LogP contribution is 2.31. The Bertz CT molecular complexity index is 409. The molecule has 6 heteroatoms. The summed E-state index contributed by atoms with van der Waals surface area (Å²) in [4.78, 5) is 5.37. The van der Waals surface area contributed by atoms with Crippen LogP contribution in [-0.4, -0.2) is 10.8 Å². The van der Waals surface area contributed by atoms with Crippen LogP contribution in [-0.2, 0) is 10.6 Å². The zero-order valence-electron chi connectivity index (χ0n) is 9.33. The molecular formula is C10H13BrN2O2S. The maximum Gasteiger partial charge on any atom is 0.153 e. The first kappa shape index (κ1) is 12.0. The summed E-state index contributed by atoms with van der Waals surface area (Å²) >= 11 is 5.03. The molecule has 2 rings (SSSR count). The largest absolute Gasteiger partial charge is 0.360 e. The van der Waals surface area contributed by atoms with Crippen molar-refractivity contribution in [3.05, 3.63) is 27.0 Å². The predicted molar refractivity (Wildman–Crippen MR) is 66.6 cm³/mol. The normalized spacial score (nSPS) is 18.4. The van der Waals surface area contributed by atoms with Crippen LogP contribution in [0.25, 0.3) is 0 Å². The van der Waals surface area contributed by atoms with Crippen LogP contribution in [0.2, 0.25) is 0 Å². The lowest BCUT2D eigenvalue weighted by Crippen LogP contribution is -2.20. The van der Waals surface area contributed by atoms with Crippen LogP contribution < -0.4 is 5.48 Å². The second-order valence-corrected chi connectivity index (χ2v) is 5.88. The summed E-state index contributed by atoms with van der Waals surface area (Å²) in [6.07, 6.45) is 2.06. The zero-order valence-corrected chi connectivity index (χ0v) is 11.7. The standard InChI is InChI=1S/C10H13BrN2O2S/c1-6-7(9(11)13-14-6)5-16-8-4-10(2,3)15-12-8/h4,12H,5H2,1-3H3. The molecule has 0 saturated heterocycles. The number of nitrogens with one attached hydrogen (secondary N) is 1. The minimum atomic E-state index is -0.233. The average Bonchev–Trinajstić information content (AvgIpc) is 2.69. The second-order valence-electron chi connectivity index (χ2n) is 4.11. The van der Waals surface area contributed by atoms with E-state index in [-0.39, 0.29) is 5.60 Å². The van der Waals surface area contributed by atoms with E-state index in [9.17, 15) is 0 Å². The van der Waals surface area contributed by atoms with Gasteiger partial charge in [0.15, 0.2) is 4.60 Å². The molecule has 0 atom stereocenters. The van der Waals surface area contributed by atoms with E-state index >= 15 is 0 Å². The number of hydroxylamine groups is 1. The number of rotatable bonds is 3. The fourth-order valence-electron chi connectivity index (χ4n) is 1.30. The number of hydrogen-bond acceptors (Lipinski definition) is 5. The molecule has 1 aliphatic rings. The molecule has 0 amide bonds. The van der Waals surface area contributed by atoms with Gasteiger partial charge in [-0.2, -0.15) is 0 Å². The first-order valence-electron chi connectivity index (χ1n) is 4.88. The van der Waals surface area contributed by atoms with Gasteiger partial charge in [-0.25, -0.2) is 0 Å². The van der Waals surface area contributed by atoms with Gasteiger partial charge < -0.3 is 4.52 Å². The third kappa shape index (κ3) is 2.61. The van der Waals surface area contributed by atoms with Gasteiger partial charge in [0.1, 0.15) is 11.4 Å². The number of nitrogens with zero attached hydrogens (tertiary/aromatic N) is 1. The first-order valence-corrected chi connectivity index (χ1v) is 6.66. The molecule has 2 heterocycles. The highest BCUT2D eigenvalue weighted by Gasteiger charge is 2.24. The van der Waals surface area contributed by atoms with E-state index in [2.05, 4.69) is 32.6 Å². The van der Waals surface area contributed by atoms with E-state index in [0.717, 1.165) is 26.7 Å². The highest BCUT2D eigenvalue weighted by molar-refractivity contribution is 9.10. The van der Waals surface area contributed by atoms with Crippen LogP contribution in [0.3, 0.4) is 0 Å². The summed E-state index contributed by atoms with van der Waals surface area (Å²) in [7, 11) is 0. The number of thioether (sulfide) groups is 1. The minimum absolute atomic E-state index is 0.233. The third-order valence-corrected chi connectivity index (χ3v) is 3.77. The van der Waals surface area contributed by atoms with Crippen LogP contribution >= 0.6 is 27.7 Å². The SMILES string of the molecule is Cc1onc(Br)c1CSC1=CC(C)(C)ON1. The van der Waals surface area contributed by atoms with Crippen LogP contribution in [0.4, 0.5) is 0 Å². The van der Waals surface area contributed by atoms with E-state index in [1.165, 1.54) is 0 Å². The summed E-state index contributed by atoms with van der Waals surface area (Å²) in [5.74, 6) is 1.65. The molecule has 1 N–H and O–H groups in total. The van der Waals surface area contributed by atoms with E-state index in [1.54, 1.807) is 11.8 Å². The lowest BCUT2D eigenvalue weighted by atomic mass is 10.1. The monoisotopic (exact) mass is 304 g/mol. The van der Waals surface area contributed by atoms with Crippen molar-refractivity contribution in [2.24, 2.45) is 0 Å². The van der Waals surface area contributed by atoms with Gasteiger partial charge in [-0.15, -0.1) is 11.8 Å². The Hall–Kier alpha value is -0.460. The van der Waals surface area contributed by atoms with Crippen LogP contribution in [0, 0.1) is 6.92 Å². The topological polar surface area (TPSA) is 47.3 Å². The maximum atomic E-state index is 5.37. The molecule has 1 aromatic rings. The summed E-state index contributed by atoms with van der Waals surface area (Å²) in [6, 6.07) is 0. The van der Waals surface area contributed by atoms with Crippen molar-refractivity contribution in [2.75, 3.05) is 0 Å². The lowest BCUT2D eigenvalue weighted by molar-refractivity contribution is -0.0126. The number of halogens is 1. The van der Waals surface area contributed by atoms with Gasteiger partial charge in [0.2, 0.25) is 0 Å². The highest BCUT2D eigenvalue weighted by atomic mass is 79.9. The smallest absolute Gasteiger partial charge is 0.153 e. The predicted octanol–water partition coefficient (Wildman–Crippen LogP) is 3.13. The molecule has 0 aromatic carbocycles. The molecule has 4 nitrogen and oxygen atoms in total. The molecule has 1 aromatic heterocycles. The van der Waals surface area contributed by atoms with E-state index < -0.39 is 0 Å². The number of aromatic nitrogens is 1. The second kappa shape index (κ2) is 4.43. The van der Waals surface area contributed by atoms with Gasteiger partial charge in [0.05, 0.1) is 5.03 Å². The number of aryl methyl sites for hydroxylation is 1. The van der Waals surface area contributed by atoms with Gasteiger partial charge in [-0.3, -0.25) is 10.3 Å². The maximum absolute atomic E-state index is 5.37. The van der Waals surface area contributed by atoms with Crippen molar-refractivity contribution in [1.82, 2.24) is 10.6 Å². The van der Waals surface area contributed by atoms with Crippen molar-refractivity contribution in [3.63, 3.8) is 0 Å². The Morgan fingerprint density at radius 2 is 2.31 bits per heavy atom. The first-order chi connectivity index (χ1) is 7.48. The van der Waals surface area contributed by atoms with Crippen molar-refractivity contribution in [3.8, 4) is 0 Å². The fraction of sp³-hybridized carbons (Fsp3) is 0.500. The van der Waals surface area contributed by atoms with Crippen molar-refractivity contribution >= 4 is 27.7 Å². The molecule has 0 radical (unpaired) electrons. The van der Waals surface area contributed by atoms with E-state index in [0.29, 0.717) is 0 Å². The Morgan fingerprint density at radius 1 is 1.56 bits per heavy atom. The van der Waals surface area contributed by atoms with Crippen LogP contribution in [0.1, 0.15) is 25.2 Å². The van der Waals surface area contributed by atoms with E-state index in [4.69, 9.17) is 9.36 Å². The molecule has 0 aliphatic carbocycles. The number of hydrogen-bond donors (Lipinski definition) is 1. The summed E-state index contributed by atoms with van der Waals surface area (Å²) in [5.41, 5.74) is 3.75. The molecular weight excluding hydrogens is 292 g/mol. The van der Waals surface area contributed by atoms with Crippen LogP contribution in [0.15, 0.2) is 20.2 Å². The molecule has 0 unspecified atom stereocenters. The minimum Gasteiger partial charge on any atom is -0.360 e. The Balaban J connectivity index is 1.99. The van der Waals surface area contributed by atoms with Crippen molar-refractivity contribution in [2.45, 2.75) is 32.1 Å².